The minimum atomic E-state index is -0.127. The van der Waals surface area contributed by atoms with Gasteiger partial charge in [0.1, 0.15) is 0 Å². The van der Waals surface area contributed by atoms with Crippen LogP contribution in [-0.2, 0) is 0 Å². The van der Waals surface area contributed by atoms with E-state index in [0.717, 1.165) is 41.8 Å². The largest absolute Gasteiger partial charge is 0.338 e. The van der Waals surface area contributed by atoms with Gasteiger partial charge in [0.15, 0.2) is 5.78 Å². The Morgan fingerprint density at radius 3 is 2.55 bits per heavy atom. The molecular weight excluding hydrogens is 382 g/mol. The van der Waals surface area contributed by atoms with Crippen LogP contribution in [0.1, 0.15) is 77.3 Å². The smallest absolute Gasteiger partial charge is 0.257 e. The lowest BCUT2D eigenvalue weighted by Crippen LogP contribution is -2.42. The van der Waals surface area contributed by atoms with Crippen molar-refractivity contribution in [1.82, 2.24) is 15.1 Å². The van der Waals surface area contributed by atoms with Gasteiger partial charge < -0.3 is 4.90 Å². The van der Waals surface area contributed by atoms with Gasteiger partial charge in [-0.25, -0.2) is 0 Å². The number of hydrogen-bond donors (Lipinski definition) is 1. The Balaban J connectivity index is 1.46. The van der Waals surface area contributed by atoms with Crippen LogP contribution < -0.4 is 0 Å². The summed E-state index contributed by atoms with van der Waals surface area (Å²) in [4.78, 5) is 29.3. The number of Topliss-reactive ketones (excluding diaryl/α,β-unsaturated/α-hetero) is 1. The van der Waals surface area contributed by atoms with Crippen LogP contribution in [0.4, 0.5) is 0 Å². The van der Waals surface area contributed by atoms with E-state index >= 15 is 0 Å². The van der Waals surface area contributed by atoms with Gasteiger partial charge in [-0.1, -0.05) is 31.4 Å². The average molecular weight is 412 g/mol. The number of nitrogens with zero attached hydrogens (tertiary/aromatic N) is 2. The number of thioether (sulfide) groups is 1. The lowest BCUT2D eigenvalue weighted by Gasteiger charge is -2.32. The van der Waals surface area contributed by atoms with Crippen molar-refractivity contribution in [2.45, 2.75) is 55.8 Å². The highest BCUT2D eigenvalue weighted by Crippen LogP contribution is 2.34. The lowest BCUT2D eigenvalue weighted by molar-refractivity contribution is 0.0635. The first-order chi connectivity index (χ1) is 14.2. The maximum absolute atomic E-state index is 13.3. The van der Waals surface area contributed by atoms with Crippen LogP contribution in [0.2, 0.25) is 0 Å². The number of nitrogens with one attached hydrogen (secondary N) is 1. The van der Waals surface area contributed by atoms with E-state index < -0.39 is 0 Å². The molecule has 5 nitrogen and oxygen atoms in total. The molecule has 1 aliphatic carbocycles. The second-order valence-corrected chi connectivity index (χ2v) is 9.10. The fraction of sp³-hybridized carbons (Fsp3) is 0.522. The third kappa shape index (κ3) is 4.42. The zero-order valence-corrected chi connectivity index (χ0v) is 17.8. The minimum Gasteiger partial charge on any atom is -0.338 e. The standard InChI is InChI=1S/C23H29N3O2S/c1-29-19-11-9-17(10-12-19)22(27)18-8-5-13-26(15-18)23(28)20-14-24-25-21(20)16-6-3-2-4-7-16/h9-12,14,16,18H,2-8,13,15H2,1H3,(H,24,25). The van der Waals surface area contributed by atoms with E-state index in [1.54, 1.807) is 18.0 Å². The summed E-state index contributed by atoms with van der Waals surface area (Å²) in [6, 6.07) is 7.80. The summed E-state index contributed by atoms with van der Waals surface area (Å²) in [6.45, 7) is 1.21. The summed E-state index contributed by atoms with van der Waals surface area (Å²) in [6.07, 6.45) is 11.4. The van der Waals surface area contributed by atoms with Crippen molar-refractivity contribution < 1.29 is 9.59 Å². The molecule has 1 unspecified atom stereocenters. The molecular formula is C23H29N3O2S. The fourth-order valence-electron chi connectivity index (χ4n) is 4.71. The molecule has 1 N–H and O–H groups in total. The van der Waals surface area contributed by atoms with Crippen molar-refractivity contribution in [3.63, 3.8) is 0 Å². The Bertz CT molecular complexity index is 855. The van der Waals surface area contributed by atoms with Gasteiger partial charge in [-0.2, -0.15) is 5.10 Å². The molecule has 0 spiro atoms. The first kappa shape index (κ1) is 20.2. The number of hydrogen-bond acceptors (Lipinski definition) is 4. The molecule has 4 rings (SSSR count). The Kier molecular flexibility index (Phi) is 6.38. The Morgan fingerprint density at radius 2 is 1.83 bits per heavy atom. The van der Waals surface area contributed by atoms with E-state index in [2.05, 4.69) is 10.2 Å². The third-order valence-electron chi connectivity index (χ3n) is 6.37. The van der Waals surface area contributed by atoms with Crippen molar-refractivity contribution >= 4 is 23.5 Å². The molecule has 2 aromatic rings. The quantitative estimate of drug-likeness (QED) is 0.560. The van der Waals surface area contributed by atoms with E-state index in [1.165, 1.54) is 19.3 Å². The molecule has 0 radical (unpaired) electrons. The van der Waals surface area contributed by atoms with Gasteiger partial charge in [-0.05, 0) is 44.1 Å². The molecule has 6 heteroatoms. The maximum Gasteiger partial charge on any atom is 0.257 e. The van der Waals surface area contributed by atoms with Crippen LogP contribution in [0.5, 0.6) is 0 Å². The van der Waals surface area contributed by atoms with Crippen molar-refractivity contribution in [2.75, 3.05) is 19.3 Å². The van der Waals surface area contributed by atoms with Gasteiger partial charge in [-0.3, -0.25) is 14.7 Å². The molecule has 1 saturated carbocycles. The Morgan fingerprint density at radius 1 is 1.07 bits per heavy atom. The number of carbonyl (C=O) groups is 2. The highest BCUT2D eigenvalue weighted by molar-refractivity contribution is 7.98. The molecule has 29 heavy (non-hydrogen) atoms. The topological polar surface area (TPSA) is 66.1 Å². The molecule has 1 aromatic carbocycles. The Hall–Kier alpha value is -2.08. The van der Waals surface area contributed by atoms with Gasteiger partial charge >= 0.3 is 0 Å². The van der Waals surface area contributed by atoms with Gasteiger partial charge in [0.2, 0.25) is 0 Å². The first-order valence-electron chi connectivity index (χ1n) is 10.7. The monoisotopic (exact) mass is 411 g/mol. The normalized spacial score (nSPS) is 20.6. The molecule has 1 aliphatic heterocycles. The number of piperidine rings is 1. The van der Waals surface area contributed by atoms with Crippen molar-refractivity contribution in [2.24, 2.45) is 5.92 Å². The summed E-state index contributed by atoms with van der Waals surface area (Å²) in [5, 5.41) is 7.29. The number of aromatic amines is 1. The van der Waals surface area contributed by atoms with Crippen LogP contribution in [0.15, 0.2) is 35.4 Å². The molecule has 2 aliphatic rings. The average Bonchev–Trinajstić information content (AvgIpc) is 3.29. The van der Waals surface area contributed by atoms with Crippen LogP contribution in [0.3, 0.4) is 0 Å². The molecule has 1 aromatic heterocycles. The molecule has 154 valence electrons. The fourth-order valence-corrected chi connectivity index (χ4v) is 5.11. The highest BCUT2D eigenvalue weighted by atomic mass is 32.2. The van der Waals surface area contributed by atoms with E-state index in [-0.39, 0.29) is 17.6 Å². The van der Waals surface area contributed by atoms with Crippen LogP contribution in [0, 0.1) is 5.92 Å². The SMILES string of the molecule is CSc1ccc(C(=O)C2CCCN(C(=O)c3cn[nH]c3C3CCCCC3)C2)cc1. The summed E-state index contributed by atoms with van der Waals surface area (Å²) in [5.74, 6) is 0.449. The minimum absolute atomic E-state index is 0.0227. The van der Waals surface area contributed by atoms with Gasteiger partial charge in [0, 0.05) is 35.4 Å². The number of aromatic nitrogens is 2. The van der Waals surface area contributed by atoms with Crippen LogP contribution >= 0.6 is 11.8 Å². The summed E-state index contributed by atoms with van der Waals surface area (Å²) in [7, 11) is 0. The number of rotatable bonds is 5. The predicted octanol–water partition coefficient (Wildman–Crippen LogP) is 4.91. The van der Waals surface area contributed by atoms with Crippen molar-refractivity contribution in [3.05, 3.63) is 47.3 Å². The van der Waals surface area contributed by atoms with Crippen LogP contribution in [0.25, 0.3) is 0 Å². The summed E-state index contributed by atoms with van der Waals surface area (Å²) >= 11 is 1.67. The van der Waals surface area contributed by atoms with Crippen molar-refractivity contribution in [3.8, 4) is 0 Å². The number of likely N-dealkylation sites (tertiary alicyclic amines) is 1. The zero-order chi connectivity index (χ0) is 20.2. The number of benzene rings is 1. The Labute approximate surface area is 176 Å². The highest BCUT2D eigenvalue weighted by Gasteiger charge is 2.32. The maximum atomic E-state index is 13.3. The van der Waals surface area contributed by atoms with Gasteiger partial charge in [0.25, 0.3) is 5.91 Å². The lowest BCUT2D eigenvalue weighted by atomic mass is 9.85. The number of H-pyrrole nitrogens is 1. The molecule has 2 fully saturated rings. The molecule has 1 amide bonds. The number of ketones is 1. The summed E-state index contributed by atoms with van der Waals surface area (Å²) in [5.41, 5.74) is 2.44. The molecule has 1 atom stereocenters. The first-order valence-corrected chi connectivity index (χ1v) is 11.9. The number of carbonyl (C=O) groups excluding carboxylic acids is 2. The molecule has 2 heterocycles. The van der Waals surface area contributed by atoms with E-state index in [9.17, 15) is 9.59 Å². The van der Waals surface area contributed by atoms with Gasteiger partial charge in [-0.15, -0.1) is 11.8 Å². The third-order valence-corrected chi connectivity index (χ3v) is 7.11. The predicted molar refractivity (Wildman–Crippen MR) is 116 cm³/mol. The second kappa shape index (κ2) is 9.16. The second-order valence-electron chi connectivity index (χ2n) is 8.22. The van der Waals surface area contributed by atoms with E-state index in [1.807, 2.05) is 35.4 Å². The van der Waals surface area contributed by atoms with E-state index in [0.29, 0.717) is 24.6 Å². The molecule has 1 saturated heterocycles. The molecule has 0 bridgehead atoms. The summed E-state index contributed by atoms with van der Waals surface area (Å²) < 4.78 is 0. The van der Waals surface area contributed by atoms with Crippen molar-refractivity contribution in [1.29, 1.82) is 0 Å². The number of amides is 1. The zero-order valence-electron chi connectivity index (χ0n) is 17.0. The van der Waals surface area contributed by atoms with Crippen LogP contribution in [-0.4, -0.2) is 46.1 Å². The van der Waals surface area contributed by atoms with E-state index in [4.69, 9.17) is 0 Å². The van der Waals surface area contributed by atoms with Gasteiger partial charge in [0.05, 0.1) is 17.5 Å².